The Morgan fingerprint density at radius 1 is 1.05 bits per heavy atom. The van der Waals surface area contributed by atoms with Gasteiger partial charge in [-0.1, -0.05) is 6.07 Å². The summed E-state index contributed by atoms with van der Waals surface area (Å²) < 4.78 is 1.99. The second kappa shape index (κ2) is 5.57. The predicted molar refractivity (Wildman–Crippen MR) is 80.5 cm³/mol. The zero-order chi connectivity index (χ0) is 14.0. The highest BCUT2D eigenvalue weighted by Crippen LogP contribution is 2.26. The van der Waals surface area contributed by atoms with E-state index in [1.54, 1.807) is 0 Å². The number of hydrogen-bond donors (Lipinski definition) is 1. The second-order valence-electron chi connectivity index (χ2n) is 5.25. The van der Waals surface area contributed by atoms with Gasteiger partial charge >= 0.3 is 0 Å². The average Bonchev–Trinajstić information content (AvgIpc) is 2.72. The van der Waals surface area contributed by atoms with Gasteiger partial charge in [0.15, 0.2) is 0 Å². The number of hydrogen-bond acceptors (Lipinski definition) is 2. The van der Waals surface area contributed by atoms with Gasteiger partial charge in [-0.3, -0.25) is 4.68 Å². The van der Waals surface area contributed by atoms with Crippen LogP contribution >= 0.6 is 0 Å². The molecule has 1 aromatic carbocycles. The number of likely N-dealkylation sites (N-methyl/N-ethyl adjacent to an activating group) is 1. The molecule has 1 aromatic heterocycles. The van der Waals surface area contributed by atoms with Gasteiger partial charge in [-0.25, -0.2) is 0 Å². The van der Waals surface area contributed by atoms with Gasteiger partial charge in [0, 0.05) is 25.6 Å². The van der Waals surface area contributed by atoms with Crippen LogP contribution in [0.4, 0.5) is 0 Å². The molecule has 0 aliphatic carbocycles. The minimum absolute atomic E-state index is 0.961. The molecule has 3 nitrogen and oxygen atoms in total. The van der Waals surface area contributed by atoms with Gasteiger partial charge in [-0.05, 0) is 56.6 Å². The van der Waals surface area contributed by atoms with E-state index in [2.05, 4.69) is 49.4 Å². The predicted octanol–water partition coefficient (Wildman–Crippen LogP) is 2.77. The second-order valence-corrected chi connectivity index (χ2v) is 5.25. The van der Waals surface area contributed by atoms with Crippen LogP contribution in [0.5, 0.6) is 0 Å². The van der Waals surface area contributed by atoms with Crippen molar-refractivity contribution in [1.82, 2.24) is 15.1 Å². The van der Waals surface area contributed by atoms with E-state index in [0.717, 1.165) is 18.7 Å². The zero-order valence-corrected chi connectivity index (χ0v) is 12.5. The molecule has 0 aliphatic heterocycles. The third kappa shape index (κ3) is 2.87. The third-order valence-electron chi connectivity index (χ3n) is 3.68. The van der Waals surface area contributed by atoms with E-state index in [1.165, 1.54) is 27.9 Å². The highest BCUT2D eigenvalue weighted by molar-refractivity contribution is 5.66. The molecule has 102 valence electrons. The fourth-order valence-electron chi connectivity index (χ4n) is 2.39. The summed E-state index contributed by atoms with van der Waals surface area (Å²) in [5.41, 5.74) is 7.62. The molecule has 0 bridgehead atoms. The topological polar surface area (TPSA) is 29.9 Å². The van der Waals surface area contributed by atoms with Crippen molar-refractivity contribution < 1.29 is 0 Å². The number of benzene rings is 1. The maximum atomic E-state index is 4.59. The first-order chi connectivity index (χ1) is 9.02. The number of nitrogens with zero attached hydrogens (tertiary/aromatic N) is 2. The van der Waals surface area contributed by atoms with Gasteiger partial charge in [0.05, 0.1) is 11.4 Å². The van der Waals surface area contributed by atoms with E-state index in [-0.39, 0.29) is 0 Å². The lowest BCUT2D eigenvalue weighted by molar-refractivity contribution is 0.720. The Kier molecular flexibility index (Phi) is 4.05. The Morgan fingerprint density at radius 3 is 2.42 bits per heavy atom. The summed E-state index contributed by atoms with van der Waals surface area (Å²) in [7, 11) is 3.99. The molecule has 0 unspecified atom stereocenters. The Morgan fingerprint density at radius 2 is 1.74 bits per heavy atom. The monoisotopic (exact) mass is 257 g/mol. The Balaban J connectivity index is 2.41. The molecule has 0 saturated carbocycles. The van der Waals surface area contributed by atoms with Crippen LogP contribution < -0.4 is 5.32 Å². The molecular weight excluding hydrogens is 234 g/mol. The van der Waals surface area contributed by atoms with Crippen LogP contribution in [0, 0.1) is 20.8 Å². The number of rotatable bonds is 4. The molecule has 1 heterocycles. The van der Waals surface area contributed by atoms with E-state index in [0.29, 0.717) is 0 Å². The zero-order valence-electron chi connectivity index (χ0n) is 12.5. The number of aromatic nitrogens is 2. The lowest BCUT2D eigenvalue weighted by Gasteiger charge is -2.09. The smallest absolute Gasteiger partial charge is 0.0684 e. The summed E-state index contributed by atoms with van der Waals surface area (Å²) in [6, 6.07) is 6.73. The SMILES string of the molecule is CNCCc1cc(-c2cc(C)c(C)cc2C)n(C)n1. The van der Waals surface area contributed by atoms with E-state index >= 15 is 0 Å². The summed E-state index contributed by atoms with van der Waals surface area (Å²) in [6.07, 6.45) is 0.966. The molecule has 0 aliphatic rings. The van der Waals surface area contributed by atoms with Crippen molar-refractivity contribution in [3.8, 4) is 11.3 Å². The van der Waals surface area contributed by atoms with Crippen molar-refractivity contribution in [1.29, 1.82) is 0 Å². The molecular formula is C16H23N3. The van der Waals surface area contributed by atoms with Crippen LogP contribution in [0.3, 0.4) is 0 Å². The van der Waals surface area contributed by atoms with Gasteiger partial charge in [0.2, 0.25) is 0 Å². The largest absolute Gasteiger partial charge is 0.319 e. The molecule has 1 N–H and O–H groups in total. The van der Waals surface area contributed by atoms with Gasteiger partial charge in [0.25, 0.3) is 0 Å². The molecule has 0 spiro atoms. The number of aryl methyl sites for hydroxylation is 4. The third-order valence-corrected chi connectivity index (χ3v) is 3.68. The van der Waals surface area contributed by atoms with Crippen LogP contribution in [0.1, 0.15) is 22.4 Å². The molecule has 2 aromatic rings. The fourth-order valence-corrected chi connectivity index (χ4v) is 2.39. The summed E-state index contributed by atoms with van der Waals surface area (Å²) >= 11 is 0. The van der Waals surface area contributed by atoms with Crippen molar-refractivity contribution in [2.45, 2.75) is 27.2 Å². The minimum Gasteiger partial charge on any atom is -0.319 e. The molecule has 0 amide bonds. The fraction of sp³-hybridized carbons (Fsp3) is 0.438. The van der Waals surface area contributed by atoms with Crippen molar-refractivity contribution in [3.63, 3.8) is 0 Å². The summed E-state index contributed by atoms with van der Waals surface area (Å²) in [6.45, 7) is 7.45. The van der Waals surface area contributed by atoms with Crippen LogP contribution in [0.15, 0.2) is 18.2 Å². The maximum Gasteiger partial charge on any atom is 0.0684 e. The van der Waals surface area contributed by atoms with Crippen molar-refractivity contribution >= 4 is 0 Å². The van der Waals surface area contributed by atoms with Gasteiger partial charge in [-0.2, -0.15) is 5.10 Å². The average molecular weight is 257 g/mol. The molecule has 0 fully saturated rings. The molecule has 0 radical (unpaired) electrons. The quantitative estimate of drug-likeness (QED) is 0.912. The van der Waals surface area contributed by atoms with Crippen LogP contribution in [-0.4, -0.2) is 23.4 Å². The maximum absolute atomic E-state index is 4.59. The molecule has 3 heteroatoms. The lowest BCUT2D eigenvalue weighted by Crippen LogP contribution is -2.10. The first-order valence-electron chi connectivity index (χ1n) is 6.78. The van der Waals surface area contributed by atoms with Crippen LogP contribution in [0.25, 0.3) is 11.3 Å². The summed E-state index contributed by atoms with van der Waals surface area (Å²) in [5, 5.41) is 7.76. The highest BCUT2D eigenvalue weighted by atomic mass is 15.3. The molecule has 0 atom stereocenters. The molecule has 2 rings (SSSR count). The van der Waals surface area contributed by atoms with E-state index in [4.69, 9.17) is 0 Å². The van der Waals surface area contributed by atoms with Gasteiger partial charge < -0.3 is 5.32 Å². The molecule has 0 saturated heterocycles. The summed E-state index contributed by atoms with van der Waals surface area (Å²) in [4.78, 5) is 0. The van der Waals surface area contributed by atoms with Crippen molar-refractivity contribution in [2.75, 3.05) is 13.6 Å². The Bertz CT molecular complexity index is 582. The normalized spacial score (nSPS) is 11.0. The number of nitrogens with one attached hydrogen (secondary N) is 1. The molecule has 19 heavy (non-hydrogen) atoms. The first kappa shape index (κ1) is 13.8. The van der Waals surface area contributed by atoms with Crippen LogP contribution in [0.2, 0.25) is 0 Å². The standard InChI is InChI=1S/C16H23N3/c1-11-8-13(3)15(9-12(11)2)16-10-14(6-7-17-4)18-19(16)5/h8-10,17H,6-7H2,1-5H3. The lowest BCUT2D eigenvalue weighted by atomic mass is 9.98. The van der Waals surface area contributed by atoms with Gasteiger partial charge in [0.1, 0.15) is 0 Å². The summed E-state index contributed by atoms with van der Waals surface area (Å²) in [5.74, 6) is 0. The minimum atomic E-state index is 0.961. The van der Waals surface area contributed by atoms with Gasteiger partial charge in [-0.15, -0.1) is 0 Å². The highest BCUT2D eigenvalue weighted by Gasteiger charge is 2.10. The Hall–Kier alpha value is -1.61. The van der Waals surface area contributed by atoms with E-state index < -0.39 is 0 Å². The Labute approximate surface area is 115 Å². The van der Waals surface area contributed by atoms with E-state index in [9.17, 15) is 0 Å². The first-order valence-corrected chi connectivity index (χ1v) is 6.78. The van der Waals surface area contributed by atoms with Crippen molar-refractivity contribution in [3.05, 3.63) is 40.6 Å². The van der Waals surface area contributed by atoms with Crippen LogP contribution in [-0.2, 0) is 13.5 Å². The van der Waals surface area contributed by atoms with E-state index in [1.807, 2.05) is 18.8 Å². The van der Waals surface area contributed by atoms with Crippen molar-refractivity contribution in [2.24, 2.45) is 7.05 Å².